The van der Waals surface area contributed by atoms with Gasteiger partial charge in [0, 0.05) is 37.9 Å². The van der Waals surface area contributed by atoms with Crippen LogP contribution in [-0.2, 0) is 0 Å². The van der Waals surface area contributed by atoms with Gasteiger partial charge in [-0.1, -0.05) is 33.0 Å². The molecular weight excluding hydrogens is 282 g/mol. The monoisotopic (exact) mass is 307 g/mol. The smallest absolute Gasteiger partial charge is 0.132 e. The average molecular weight is 307 g/mol. The Morgan fingerprint density at radius 1 is 1.29 bits per heavy atom. The van der Waals surface area contributed by atoms with Gasteiger partial charge in [0.1, 0.15) is 12.1 Å². The highest BCUT2D eigenvalue weighted by atomic mass is 32.1. The molecule has 0 amide bonds. The van der Waals surface area contributed by atoms with Crippen LogP contribution in [0.2, 0.25) is 0 Å². The molecule has 2 rings (SSSR count). The Hall–Kier alpha value is -1.27. The zero-order valence-corrected chi connectivity index (χ0v) is 13.9. The van der Waals surface area contributed by atoms with Gasteiger partial charge in [-0.25, -0.2) is 9.97 Å². The van der Waals surface area contributed by atoms with Gasteiger partial charge in [0.2, 0.25) is 0 Å². The summed E-state index contributed by atoms with van der Waals surface area (Å²) in [7, 11) is 0. The van der Waals surface area contributed by atoms with Crippen molar-refractivity contribution >= 4 is 23.0 Å². The van der Waals surface area contributed by atoms with E-state index in [0.29, 0.717) is 10.9 Å². The van der Waals surface area contributed by atoms with E-state index in [9.17, 15) is 0 Å². The van der Waals surface area contributed by atoms with E-state index in [2.05, 4.69) is 46.6 Å². The van der Waals surface area contributed by atoms with Crippen molar-refractivity contribution in [2.45, 2.75) is 39.2 Å². The average Bonchev–Trinajstić information content (AvgIpc) is 2.48. The Morgan fingerprint density at radius 2 is 1.95 bits per heavy atom. The van der Waals surface area contributed by atoms with Crippen molar-refractivity contribution in [2.24, 2.45) is 5.73 Å². The van der Waals surface area contributed by atoms with Crippen LogP contribution in [0, 0.1) is 0 Å². The van der Waals surface area contributed by atoms with Crippen LogP contribution >= 0.6 is 12.2 Å². The van der Waals surface area contributed by atoms with Crippen molar-refractivity contribution in [1.82, 2.24) is 14.9 Å². The fourth-order valence-corrected chi connectivity index (χ4v) is 3.07. The summed E-state index contributed by atoms with van der Waals surface area (Å²) in [5.41, 5.74) is 6.93. The van der Waals surface area contributed by atoms with Gasteiger partial charge in [-0.2, -0.15) is 0 Å². The summed E-state index contributed by atoms with van der Waals surface area (Å²) in [5, 5.41) is 0. The van der Waals surface area contributed by atoms with Crippen molar-refractivity contribution in [3.8, 4) is 0 Å². The third-order valence-electron chi connectivity index (χ3n) is 4.06. The molecule has 1 fully saturated rings. The maximum Gasteiger partial charge on any atom is 0.132 e. The van der Waals surface area contributed by atoms with Crippen LogP contribution in [0.1, 0.15) is 38.8 Å². The lowest BCUT2D eigenvalue weighted by molar-refractivity contribution is 0.224. The Labute approximate surface area is 132 Å². The van der Waals surface area contributed by atoms with E-state index < -0.39 is 0 Å². The molecule has 1 aliphatic heterocycles. The van der Waals surface area contributed by atoms with Gasteiger partial charge in [0.15, 0.2) is 0 Å². The predicted molar refractivity (Wildman–Crippen MR) is 90.8 cm³/mol. The minimum atomic E-state index is 0.221. The van der Waals surface area contributed by atoms with E-state index in [4.69, 9.17) is 18.0 Å². The van der Waals surface area contributed by atoms with E-state index in [0.717, 1.165) is 44.1 Å². The lowest BCUT2D eigenvalue weighted by Gasteiger charge is -2.39. The second-order valence-corrected chi connectivity index (χ2v) is 6.28. The number of nitrogens with zero attached hydrogens (tertiary/aromatic N) is 4. The molecule has 2 N–H and O–H groups in total. The molecule has 1 aromatic heterocycles. The lowest BCUT2D eigenvalue weighted by Crippen LogP contribution is -2.53. The maximum atomic E-state index is 5.83. The van der Waals surface area contributed by atoms with Crippen molar-refractivity contribution in [3.63, 3.8) is 0 Å². The van der Waals surface area contributed by atoms with E-state index in [1.807, 2.05) is 0 Å². The third kappa shape index (κ3) is 3.89. The van der Waals surface area contributed by atoms with E-state index in [1.165, 1.54) is 0 Å². The van der Waals surface area contributed by atoms with E-state index in [1.54, 1.807) is 6.33 Å². The predicted octanol–water partition coefficient (Wildman–Crippen LogP) is 1.79. The third-order valence-corrected chi connectivity index (χ3v) is 4.33. The summed E-state index contributed by atoms with van der Waals surface area (Å²) in [6.07, 6.45) is 2.64. The van der Waals surface area contributed by atoms with Gasteiger partial charge in [0.25, 0.3) is 0 Å². The Bertz CT molecular complexity index is 483. The number of thiocarbonyl (C=S) groups is 1. The standard InChI is InChI=1S/C15H25N5S/c1-4-13(15(16)21)19-5-7-20(8-6-19)14-9-12(11(2)3)17-10-18-14/h9-11,13H,4-8H2,1-3H3,(H2,16,21). The van der Waals surface area contributed by atoms with Gasteiger partial charge >= 0.3 is 0 Å². The molecule has 0 saturated carbocycles. The molecule has 0 aliphatic carbocycles. The zero-order chi connectivity index (χ0) is 15.4. The van der Waals surface area contributed by atoms with E-state index >= 15 is 0 Å². The summed E-state index contributed by atoms with van der Waals surface area (Å²) in [6.45, 7) is 10.3. The number of hydrogen-bond donors (Lipinski definition) is 1. The zero-order valence-electron chi connectivity index (χ0n) is 13.1. The molecule has 1 aromatic rings. The molecule has 6 heteroatoms. The van der Waals surface area contributed by atoms with Crippen molar-refractivity contribution in [1.29, 1.82) is 0 Å². The number of rotatable bonds is 5. The molecule has 1 atom stereocenters. The molecule has 116 valence electrons. The second-order valence-electron chi connectivity index (χ2n) is 5.81. The molecule has 1 aliphatic rings. The van der Waals surface area contributed by atoms with E-state index in [-0.39, 0.29) is 6.04 Å². The molecule has 0 aromatic carbocycles. The van der Waals surface area contributed by atoms with Crippen LogP contribution in [0.4, 0.5) is 5.82 Å². The summed E-state index contributed by atoms with van der Waals surface area (Å²) in [6, 6.07) is 2.32. The van der Waals surface area contributed by atoms with Gasteiger partial charge < -0.3 is 10.6 Å². The highest BCUT2D eigenvalue weighted by molar-refractivity contribution is 7.80. The summed E-state index contributed by atoms with van der Waals surface area (Å²) in [5.74, 6) is 1.45. The van der Waals surface area contributed by atoms with Crippen molar-refractivity contribution in [3.05, 3.63) is 18.1 Å². The molecule has 2 heterocycles. The first-order chi connectivity index (χ1) is 10.0. The minimum Gasteiger partial charge on any atom is -0.392 e. The van der Waals surface area contributed by atoms with Gasteiger partial charge in [0.05, 0.1) is 11.0 Å². The maximum absolute atomic E-state index is 5.83. The molecule has 0 bridgehead atoms. The molecular formula is C15H25N5S. The van der Waals surface area contributed by atoms with Crippen molar-refractivity contribution < 1.29 is 0 Å². The van der Waals surface area contributed by atoms with Crippen LogP contribution in [0.25, 0.3) is 0 Å². The molecule has 1 unspecified atom stereocenters. The fourth-order valence-electron chi connectivity index (χ4n) is 2.75. The molecule has 21 heavy (non-hydrogen) atoms. The van der Waals surface area contributed by atoms with Crippen LogP contribution in [0.3, 0.4) is 0 Å². The van der Waals surface area contributed by atoms with Crippen LogP contribution in [0.5, 0.6) is 0 Å². The minimum absolute atomic E-state index is 0.221. The summed E-state index contributed by atoms with van der Waals surface area (Å²) in [4.78, 5) is 14.0. The quantitative estimate of drug-likeness (QED) is 0.837. The number of anilines is 1. The SMILES string of the molecule is CCC(C(N)=S)N1CCN(c2cc(C(C)C)ncn2)CC1. The first kappa shape index (κ1) is 16.1. The first-order valence-corrected chi connectivity index (χ1v) is 8.04. The van der Waals surface area contributed by atoms with Crippen LogP contribution in [-0.4, -0.2) is 52.1 Å². The Kier molecular flexibility index (Phi) is 5.47. The fraction of sp³-hybridized carbons (Fsp3) is 0.667. The summed E-state index contributed by atoms with van der Waals surface area (Å²) < 4.78 is 0. The highest BCUT2D eigenvalue weighted by Crippen LogP contribution is 2.19. The Balaban J connectivity index is 2.01. The van der Waals surface area contributed by atoms with Crippen LogP contribution < -0.4 is 10.6 Å². The van der Waals surface area contributed by atoms with Crippen LogP contribution in [0.15, 0.2) is 12.4 Å². The topological polar surface area (TPSA) is 58.3 Å². The second kappa shape index (κ2) is 7.13. The summed E-state index contributed by atoms with van der Waals surface area (Å²) >= 11 is 5.17. The number of piperazine rings is 1. The highest BCUT2D eigenvalue weighted by Gasteiger charge is 2.25. The van der Waals surface area contributed by atoms with Gasteiger partial charge in [-0.3, -0.25) is 4.90 Å². The molecule has 0 radical (unpaired) electrons. The van der Waals surface area contributed by atoms with Crippen molar-refractivity contribution in [2.75, 3.05) is 31.1 Å². The molecule has 0 spiro atoms. The Morgan fingerprint density at radius 3 is 2.48 bits per heavy atom. The number of nitrogens with two attached hydrogens (primary N) is 1. The number of aromatic nitrogens is 2. The lowest BCUT2D eigenvalue weighted by atomic mass is 10.1. The largest absolute Gasteiger partial charge is 0.392 e. The molecule has 1 saturated heterocycles. The normalized spacial score (nSPS) is 18.0. The molecule has 5 nitrogen and oxygen atoms in total. The number of hydrogen-bond acceptors (Lipinski definition) is 5. The first-order valence-electron chi connectivity index (χ1n) is 7.63. The van der Waals surface area contributed by atoms with Gasteiger partial charge in [-0.15, -0.1) is 0 Å². The van der Waals surface area contributed by atoms with Gasteiger partial charge in [-0.05, 0) is 12.3 Å².